The van der Waals surface area contributed by atoms with Crippen molar-refractivity contribution in [3.05, 3.63) is 29.8 Å². The lowest BCUT2D eigenvalue weighted by atomic mass is 10.2. The summed E-state index contributed by atoms with van der Waals surface area (Å²) >= 11 is 0. The molecule has 0 saturated heterocycles. The Morgan fingerprint density at radius 1 is 1.41 bits per heavy atom. The van der Waals surface area contributed by atoms with Crippen LogP contribution in [0.5, 0.6) is 5.75 Å². The van der Waals surface area contributed by atoms with Gasteiger partial charge in [0.1, 0.15) is 18.5 Å². The summed E-state index contributed by atoms with van der Waals surface area (Å²) in [5, 5.41) is 18.3. The third-order valence-corrected chi connectivity index (χ3v) is 2.49. The normalized spacial score (nSPS) is 12.2. The number of ether oxygens (including phenoxy) is 1. The van der Waals surface area contributed by atoms with Crippen molar-refractivity contribution in [3.8, 4) is 11.8 Å². The Hall–Kier alpha value is -1.57. The highest BCUT2D eigenvalue weighted by atomic mass is 16.5. The molecule has 4 nitrogen and oxygen atoms in total. The second-order valence-corrected chi connectivity index (χ2v) is 3.96. The van der Waals surface area contributed by atoms with E-state index in [9.17, 15) is 5.11 Å². The lowest BCUT2D eigenvalue weighted by Gasteiger charge is -2.18. The SMILES string of the molecule is CCN(C)CC(O)COc1ccc(C#N)cc1. The topological polar surface area (TPSA) is 56.5 Å². The van der Waals surface area contributed by atoms with E-state index in [2.05, 4.69) is 0 Å². The van der Waals surface area contributed by atoms with Gasteiger partial charge in [0.15, 0.2) is 0 Å². The van der Waals surface area contributed by atoms with Crippen LogP contribution < -0.4 is 4.74 Å². The van der Waals surface area contributed by atoms with Gasteiger partial charge in [-0.1, -0.05) is 6.92 Å². The molecule has 1 atom stereocenters. The Balaban J connectivity index is 2.37. The van der Waals surface area contributed by atoms with Gasteiger partial charge in [0.2, 0.25) is 0 Å². The molecule has 1 aromatic rings. The van der Waals surface area contributed by atoms with Crippen LogP contribution in [0.4, 0.5) is 0 Å². The number of hydrogen-bond donors (Lipinski definition) is 1. The van der Waals surface area contributed by atoms with Crippen LogP contribution in [0.2, 0.25) is 0 Å². The van der Waals surface area contributed by atoms with Crippen LogP contribution in [-0.2, 0) is 0 Å². The van der Waals surface area contributed by atoms with Gasteiger partial charge in [-0.15, -0.1) is 0 Å². The van der Waals surface area contributed by atoms with Crippen LogP contribution in [0.3, 0.4) is 0 Å². The third-order valence-electron chi connectivity index (χ3n) is 2.49. The summed E-state index contributed by atoms with van der Waals surface area (Å²) in [4.78, 5) is 2.02. The van der Waals surface area contributed by atoms with E-state index < -0.39 is 6.10 Å². The van der Waals surface area contributed by atoms with E-state index in [0.717, 1.165) is 6.54 Å². The Kier molecular flexibility index (Phi) is 5.47. The van der Waals surface area contributed by atoms with Crippen molar-refractivity contribution < 1.29 is 9.84 Å². The van der Waals surface area contributed by atoms with Gasteiger partial charge in [0, 0.05) is 6.54 Å². The van der Waals surface area contributed by atoms with Gasteiger partial charge in [0.25, 0.3) is 0 Å². The van der Waals surface area contributed by atoms with Crippen molar-refractivity contribution in [3.63, 3.8) is 0 Å². The van der Waals surface area contributed by atoms with Crippen molar-refractivity contribution in [2.24, 2.45) is 0 Å². The lowest BCUT2D eigenvalue weighted by Crippen LogP contribution is -2.32. The Bertz CT molecular complexity index is 370. The number of hydrogen-bond acceptors (Lipinski definition) is 4. The van der Waals surface area contributed by atoms with Gasteiger partial charge in [-0.3, -0.25) is 0 Å². The zero-order valence-electron chi connectivity index (χ0n) is 10.3. The Morgan fingerprint density at radius 2 is 2.06 bits per heavy atom. The molecule has 4 heteroatoms. The average molecular weight is 234 g/mol. The number of benzene rings is 1. The fraction of sp³-hybridized carbons (Fsp3) is 0.462. The van der Waals surface area contributed by atoms with E-state index in [1.165, 1.54) is 0 Å². The number of nitrogens with zero attached hydrogens (tertiary/aromatic N) is 2. The molecule has 1 N–H and O–H groups in total. The smallest absolute Gasteiger partial charge is 0.119 e. The van der Waals surface area contributed by atoms with Crippen LogP contribution in [0.1, 0.15) is 12.5 Å². The highest BCUT2D eigenvalue weighted by molar-refractivity contribution is 5.34. The number of likely N-dealkylation sites (N-methyl/N-ethyl adjacent to an activating group) is 1. The van der Waals surface area contributed by atoms with E-state index in [4.69, 9.17) is 10.00 Å². The van der Waals surface area contributed by atoms with Crippen LogP contribution in [0, 0.1) is 11.3 Å². The molecule has 1 rings (SSSR count). The van der Waals surface area contributed by atoms with E-state index >= 15 is 0 Å². The van der Waals surface area contributed by atoms with Gasteiger partial charge in [-0.2, -0.15) is 5.26 Å². The van der Waals surface area contributed by atoms with Crippen LogP contribution in [0.25, 0.3) is 0 Å². The standard InChI is InChI=1S/C13H18N2O2/c1-3-15(2)9-12(16)10-17-13-6-4-11(8-14)5-7-13/h4-7,12,16H,3,9-10H2,1-2H3. The zero-order valence-corrected chi connectivity index (χ0v) is 10.3. The zero-order chi connectivity index (χ0) is 12.7. The summed E-state index contributed by atoms with van der Waals surface area (Å²) < 4.78 is 5.43. The number of nitriles is 1. The molecule has 0 fully saturated rings. The fourth-order valence-corrected chi connectivity index (χ4v) is 1.36. The molecule has 0 saturated carbocycles. The highest BCUT2D eigenvalue weighted by Gasteiger charge is 2.07. The first-order valence-electron chi connectivity index (χ1n) is 5.65. The van der Waals surface area contributed by atoms with Crippen molar-refractivity contribution in [2.45, 2.75) is 13.0 Å². The maximum Gasteiger partial charge on any atom is 0.119 e. The van der Waals surface area contributed by atoms with Gasteiger partial charge >= 0.3 is 0 Å². The second-order valence-electron chi connectivity index (χ2n) is 3.96. The molecule has 0 aliphatic carbocycles. The molecule has 1 unspecified atom stereocenters. The number of rotatable bonds is 6. The summed E-state index contributed by atoms with van der Waals surface area (Å²) in [7, 11) is 1.95. The lowest BCUT2D eigenvalue weighted by molar-refractivity contribution is 0.0779. The van der Waals surface area contributed by atoms with Crippen LogP contribution >= 0.6 is 0 Å². The monoisotopic (exact) mass is 234 g/mol. The number of aliphatic hydroxyl groups is 1. The summed E-state index contributed by atoms with van der Waals surface area (Å²) in [5.74, 6) is 0.669. The fourth-order valence-electron chi connectivity index (χ4n) is 1.36. The molecule has 0 aliphatic heterocycles. The maximum atomic E-state index is 9.69. The Morgan fingerprint density at radius 3 is 2.59 bits per heavy atom. The molecule has 0 aliphatic rings. The molecule has 1 aromatic carbocycles. The van der Waals surface area contributed by atoms with Gasteiger partial charge in [-0.05, 0) is 37.9 Å². The molecule has 0 amide bonds. The summed E-state index contributed by atoms with van der Waals surface area (Å²) in [6.07, 6.45) is -0.504. The van der Waals surface area contributed by atoms with E-state index in [1.54, 1.807) is 24.3 Å². The van der Waals surface area contributed by atoms with Gasteiger partial charge in [-0.25, -0.2) is 0 Å². The van der Waals surface area contributed by atoms with E-state index in [1.807, 2.05) is 24.9 Å². The predicted molar refractivity (Wildman–Crippen MR) is 65.8 cm³/mol. The van der Waals surface area contributed by atoms with Crippen molar-refractivity contribution in [1.82, 2.24) is 4.90 Å². The van der Waals surface area contributed by atoms with Crippen molar-refractivity contribution in [1.29, 1.82) is 5.26 Å². The minimum atomic E-state index is -0.504. The highest BCUT2D eigenvalue weighted by Crippen LogP contribution is 2.11. The Labute approximate surface area is 102 Å². The summed E-state index contributed by atoms with van der Waals surface area (Å²) in [6, 6.07) is 8.89. The van der Waals surface area contributed by atoms with Crippen molar-refractivity contribution >= 4 is 0 Å². The minimum Gasteiger partial charge on any atom is -0.491 e. The molecule has 0 aromatic heterocycles. The molecular formula is C13H18N2O2. The summed E-state index contributed by atoms with van der Waals surface area (Å²) in [6.45, 7) is 3.78. The molecule has 0 bridgehead atoms. The quantitative estimate of drug-likeness (QED) is 0.805. The predicted octanol–water partition coefficient (Wildman–Crippen LogP) is 1.25. The second kappa shape index (κ2) is 6.89. The van der Waals surface area contributed by atoms with Crippen LogP contribution in [0.15, 0.2) is 24.3 Å². The van der Waals surface area contributed by atoms with Gasteiger partial charge in [0.05, 0.1) is 11.6 Å². The van der Waals surface area contributed by atoms with E-state index in [-0.39, 0.29) is 6.61 Å². The largest absolute Gasteiger partial charge is 0.491 e. The first-order valence-corrected chi connectivity index (χ1v) is 5.65. The summed E-state index contributed by atoms with van der Waals surface area (Å²) in [5.41, 5.74) is 0.601. The maximum absolute atomic E-state index is 9.69. The van der Waals surface area contributed by atoms with Crippen LogP contribution in [-0.4, -0.2) is 42.9 Å². The molecule has 92 valence electrons. The molecule has 0 spiro atoms. The average Bonchev–Trinajstić information content (AvgIpc) is 2.36. The third kappa shape index (κ3) is 4.85. The minimum absolute atomic E-state index is 0.260. The first kappa shape index (κ1) is 13.5. The molecule has 17 heavy (non-hydrogen) atoms. The van der Waals surface area contributed by atoms with Gasteiger partial charge < -0.3 is 14.7 Å². The van der Waals surface area contributed by atoms with E-state index in [0.29, 0.717) is 17.9 Å². The van der Waals surface area contributed by atoms with Crippen molar-refractivity contribution in [2.75, 3.05) is 26.7 Å². The number of aliphatic hydroxyl groups excluding tert-OH is 1. The first-order chi connectivity index (χ1) is 8.15. The molecule has 0 heterocycles. The molecular weight excluding hydrogens is 216 g/mol. The molecule has 0 radical (unpaired) electrons.